The van der Waals surface area contributed by atoms with E-state index in [-0.39, 0.29) is 0 Å². The molecule has 0 amide bonds. The third-order valence-electron chi connectivity index (χ3n) is 3.36. The number of anilines is 1. The van der Waals surface area contributed by atoms with Crippen LogP contribution in [0.3, 0.4) is 0 Å². The molecule has 5 nitrogen and oxygen atoms in total. The van der Waals surface area contributed by atoms with Crippen LogP contribution in [0.1, 0.15) is 25.1 Å². The molecule has 0 aliphatic heterocycles. The van der Waals surface area contributed by atoms with E-state index in [4.69, 9.17) is 9.97 Å². The van der Waals surface area contributed by atoms with Crippen molar-refractivity contribution in [3.05, 3.63) is 23.3 Å². The first-order chi connectivity index (χ1) is 10.2. The lowest BCUT2D eigenvalue weighted by molar-refractivity contribution is 0.907. The zero-order valence-electron chi connectivity index (χ0n) is 12.6. The maximum absolute atomic E-state index is 4.70. The number of hydrogen-bond donors (Lipinski definition) is 1. The second-order valence-corrected chi connectivity index (χ2v) is 6.08. The topological polar surface area (TPSA) is 55.6 Å². The van der Waals surface area contributed by atoms with Gasteiger partial charge in [-0.25, -0.2) is 15.0 Å². The Kier molecular flexibility index (Phi) is 3.88. The van der Waals surface area contributed by atoms with Gasteiger partial charge >= 0.3 is 0 Å². The number of nitrogens with one attached hydrogen (secondary N) is 1. The van der Waals surface area contributed by atoms with E-state index in [1.807, 2.05) is 17.8 Å². The Hall–Kier alpha value is -1.95. The second kappa shape index (κ2) is 5.81. The Bertz CT molecular complexity index is 759. The molecule has 0 radical (unpaired) electrons. The van der Waals surface area contributed by atoms with Crippen LogP contribution in [0.5, 0.6) is 0 Å². The molecule has 0 aromatic carbocycles. The molecule has 0 saturated heterocycles. The molecule has 6 heteroatoms. The number of imidazole rings is 1. The summed E-state index contributed by atoms with van der Waals surface area (Å²) in [4.78, 5) is 16.1. The van der Waals surface area contributed by atoms with E-state index in [0.29, 0.717) is 5.82 Å². The fourth-order valence-corrected chi connectivity index (χ4v) is 3.17. The first-order valence-electron chi connectivity index (χ1n) is 7.25. The molecule has 0 fully saturated rings. The number of aromatic nitrogens is 4. The lowest BCUT2D eigenvalue weighted by Gasteiger charge is -2.07. The number of thiophene rings is 1. The van der Waals surface area contributed by atoms with Crippen molar-refractivity contribution in [3.63, 3.8) is 0 Å². The van der Waals surface area contributed by atoms with Gasteiger partial charge in [0.15, 0.2) is 11.6 Å². The summed E-state index contributed by atoms with van der Waals surface area (Å²) < 4.78 is 1.94. The number of rotatable bonds is 5. The maximum atomic E-state index is 4.70. The van der Waals surface area contributed by atoms with Crippen LogP contribution >= 0.6 is 11.3 Å². The molecule has 21 heavy (non-hydrogen) atoms. The number of aryl methyl sites for hydroxylation is 2. The predicted molar refractivity (Wildman–Crippen MR) is 87.8 cm³/mol. The van der Waals surface area contributed by atoms with Gasteiger partial charge in [-0.2, -0.15) is 0 Å². The molecule has 0 aliphatic carbocycles. The molecular weight excluding hydrogens is 282 g/mol. The summed E-state index contributed by atoms with van der Waals surface area (Å²) >= 11 is 1.73. The Morgan fingerprint density at radius 3 is 2.81 bits per heavy atom. The van der Waals surface area contributed by atoms with E-state index >= 15 is 0 Å². The van der Waals surface area contributed by atoms with Crippen LogP contribution in [0.15, 0.2) is 18.5 Å². The summed E-state index contributed by atoms with van der Waals surface area (Å²) in [5.74, 6) is 2.39. The minimum absolute atomic E-state index is 0.679. The summed E-state index contributed by atoms with van der Waals surface area (Å²) in [6, 6.07) is 2.19. The average molecular weight is 301 g/mol. The van der Waals surface area contributed by atoms with Gasteiger partial charge in [0.25, 0.3) is 0 Å². The van der Waals surface area contributed by atoms with E-state index in [0.717, 1.165) is 41.2 Å². The lowest BCUT2D eigenvalue weighted by Crippen LogP contribution is -2.05. The molecule has 0 spiro atoms. The molecule has 0 atom stereocenters. The molecular formula is C15H19N5S. The number of hydrogen-bond acceptors (Lipinski definition) is 5. The summed E-state index contributed by atoms with van der Waals surface area (Å²) in [5, 5.41) is 4.53. The van der Waals surface area contributed by atoms with Crippen molar-refractivity contribution < 1.29 is 0 Å². The maximum Gasteiger partial charge on any atom is 0.199 e. The van der Waals surface area contributed by atoms with Crippen LogP contribution in [0.25, 0.3) is 21.9 Å². The Balaban J connectivity index is 2.16. The molecule has 1 N–H and O–H groups in total. The standard InChI is InChI=1S/C15H19N5S/c1-4-6-16-12-11-9-10(5-2)21-15(11)19-13(18-12)14-17-7-8-20(14)3/h7-9H,4-6H2,1-3H3,(H,16,18,19). The van der Waals surface area contributed by atoms with E-state index in [2.05, 4.69) is 30.2 Å². The third kappa shape index (κ3) is 2.63. The molecule has 3 heterocycles. The van der Waals surface area contributed by atoms with Gasteiger partial charge in [0.2, 0.25) is 0 Å². The lowest BCUT2D eigenvalue weighted by atomic mass is 10.3. The van der Waals surface area contributed by atoms with E-state index in [1.54, 1.807) is 17.5 Å². The van der Waals surface area contributed by atoms with Crippen LogP contribution in [0.2, 0.25) is 0 Å². The zero-order valence-corrected chi connectivity index (χ0v) is 13.4. The predicted octanol–water partition coefficient (Wildman–Crippen LogP) is 3.48. The van der Waals surface area contributed by atoms with Crippen molar-refractivity contribution >= 4 is 27.4 Å². The summed E-state index contributed by atoms with van der Waals surface area (Å²) in [6.45, 7) is 5.22. The van der Waals surface area contributed by atoms with Crippen LogP contribution in [0, 0.1) is 0 Å². The molecule has 0 aliphatic rings. The zero-order chi connectivity index (χ0) is 14.8. The largest absolute Gasteiger partial charge is 0.369 e. The second-order valence-electron chi connectivity index (χ2n) is 4.97. The Morgan fingerprint density at radius 1 is 1.29 bits per heavy atom. The quantitative estimate of drug-likeness (QED) is 0.784. The highest BCUT2D eigenvalue weighted by atomic mass is 32.1. The van der Waals surface area contributed by atoms with Gasteiger partial charge in [-0.15, -0.1) is 11.3 Å². The van der Waals surface area contributed by atoms with Gasteiger partial charge in [0.05, 0.1) is 5.39 Å². The fourth-order valence-electron chi connectivity index (χ4n) is 2.20. The summed E-state index contributed by atoms with van der Waals surface area (Å²) in [6.07, 6.45) is 5.77. The summed E-state index contributed by atoms with van der Waals surface area (Å²) in [7, 11) is 1.96. The highest BCUT2D eigenvalue weighted by Crippen LogP contribution is 2.31. The third-order valence-corrected chi connectivity index (χ3v) is 4.53. The smallest absolute Gasteiger partial charge is 0.199 e. The van der Waals surface area contributed by atoms with Gasteiger partial charge < -0.3 is 9.88 Å². The van der Waals surface area contributed by atoms with Gasteiger partial charge in [0, 0.05) is 30.9 Å². The van der Waals surface area contributed by atoms with Crippen LogP contribution in [-0.4, -0.2) is 26.1 Å². The fraction of sp³-hybridized carbons (Fsp3) is 0.400. The molecule has 0 unspecified atom stereocenters. The van der Waals surface area contributed by atoms with Crippen LogP contribution in [-0.2, 0) is 13.5 Å². The van der Waals surface area contributed by atoms with Crippen LogP contribution < -0.4 is 5.32 Å². The average Bonchev–Trinajstić information content (AvgIpc) is 3.09. The monoisotopic (exact) mass is 301 g/mol. The van der Waals surface area contributed by atoms with Crippen molar-refractivity contribution in [2.75, 3.05) is 11.9 Å². The van der Waals surface area contributed by atoms with E-state index < -0.39 is 0 Å². The molecule has 3 aromatic heterocycles. The van der Waals surface area contributed by atoms with Gasteiger partial charge in [-0.05, 0) is 18.9 Å². The van der Waals surface area contributed by atoms with E-state index in [1.165, 1.54) is 4.88 Å². The van der Waals surface area contributed by atoms with Gasteiger partial charge in [-0.3, -0.25) is 0 Å². The first-order valence-corrected chi connectivity index (χ1v) is 8.06. The molecule has 0 bridgehead atoms. The molecule has 110 valence electrons. The highest BCUT2D eigenvalue weighted by molar-refractivity contribution is 7.18. The normalized spacial score (nSPS) is 11.2. The van der Waals surface area contributed by atoms with Gasteiger partial charge in [-0.1, -0.05) is 13.8 Å². The number of nitrogens with zero attached hydrogens (tertiary/aromatic N) is 4. The van der Waals surface area contributed by atoms with Crippen LogP contribution in [0.4, 0.5) is 5.82 Å². The Labute approximate surface area is 128 Å². The summed E-state index contributed by atoms with van der Waals surface area (Å²) in [5.41, 5.74) is 0. The van der Waals surface area contributed by atoms with Crippen molar-refractivity contribution in [1.82, 2.24) is 19.5 Å². The SMILES string of the molecule is CCCNc1nc(-c2nccn2C)nc2sc(CC)cc12. The number of fused-ring (bicyclic) bond motifs is 1. The van der Waals surface area contributed by atoms with E-state index in [9.17, 15) is 0 Å². The Morgan fingerprint density at radius 2 is 2.14 bits per heavy atom. The van der Waals surface area contributed by atoms with Crippen molar-refractivity contribution in [1.29, 1.82) is 0 Å². The highest BCUT2D eigenvalue weighted by Gasteiger charge is 2.14. The van der Waals surface area contributed by atoms with Crippen molar-refractivity contribution in [2.45, 2.75) is 26.7 Å². The van der Waals surface area contributed by atoms with Crippen molar-refractivity contribution in [3.8, 4) is 11.6 Å². The molecule has 0 saturated carbocycles. The molecule has 3 aromatic rings. The minimum atomic E-state index is 0.679. The first kappa shape index (κ1) is 14.0. The minimum Gasteiger partial charge on any atom is -0.369 e. The molecule has 3 rings (SSSR count). The van der Waals surface area contributed by atoms with Crippen molar-refractivity contribution in [2.24, 2.45) is 7.05 Å². The van der Waals surface area contributed by atoms with Gasteiger partial charge in [0.1, 0.15) is 10.6 Å².